The Morgan fingerprint density at radius 1 is 0.970 bits per heavy atom. The standard InChI is InChI=1S/C25H28N6O2/c1-3-30-24(33)20-10-6-7-11-21(20)31-22(26-27-25(30)31)17-28-12-14-29(15-13-28)23(32)16-19-9-5-4-8-18(19)2/h4-11H,3,12-17H2,1-2H3. The van der Waals surface area contributed by atoms with Crippen molar-refractivity contribution < 1.29 is 4.79 Å². The maximum atomic E-state index is 12.9. The number of benzene rings is 2. The van der Waals surface area contributed by atoms with Crippen LogP contribution in [0.3, 0.4) is 0 Å². The first-order valence-electron chi connectivity index (χ1n) is 11.5. The van der Waals surface area contributed by atoms with Crippen LogP contribution in [0.15, 0.2) is 53.3 Å². The molecule has 2 aromatic heterocycles. The van der Waals surface area contributed by atoms with Gasteiger partial charge in [-0.1, -0.05) is 36.4 Å². The van der Waals surface area contributed by atoms with E-state index in [0.717, 1.165) is 35.6 Å². The van der Waals surface area contributed by atoms with Gasteiger partial charge in [0.15, 0.2) is 5.82 Å². The van der Waals surface area contributed by atoms with Gasteiger partial charge in [-0.15, -0.1) is 10.2 Å². The summed E-state index contributed by atoms with van der Waals surface area (Å²) in [7, 11) is 0. The van der Waals surface area contributed by atoms with Crippen molar-refractivity contribution in [3.8, 4) is 0 Å². The fourth-order valence-corrected chi connectivity index (χ4v) is 4.64. The van der Waals surface area contributed by atoms with Crippen LogP contribution in [0.1, 0.15) is 23.9 Å². The maximum Gasteiger partial charge on any atom is 0.262 e. The molecule has 8 heteroatoms. The minimum Gasteiger partial charge on any atom is -0.340 e. The van der Waals surface area contributed by atoms with E-state index in [0.29, 0.717) is 43.8 Å². The van der Waals surface area contributed by atoms with Crippen molar-refractivity contribution in [2.75, 3.05) is 26.2 Å². The van der Waals surface area contributed by atoms with Crippen LogP contribution in [0.2, 0.25) is 0 Å². The zero-order valence-electron chi connectivity index (χ0n) is 19.1. The van der Waals surface area contributed by atoms with Crippen molar-refractivity contribution in [1.82, 2.24) is 29.0 Å². The Balaban J connectivity index is 1.33. The van der Waals surface area contributed by atoms with E-state index in [9.17, 15) is 9.59 Å². The summed E-state index contributed by atoms with van der Waals surface area (Å²) in [5.41, 5.74) is 3.03. The average molecular weight is 445 g/mol. The molecular formula is C25H28N6O2. The molecule has 33 heavy (non-hydrogen) atoms. The van der Waals surface area contributed by atoms with Crippen molar-refractivity contribution in [2.45, 2.75) is 33.4 Å². The van der Waals surface area contributed by atoms with Gasteiger partial charge in [0.1, 0.15) is 0 Å². The van der Waals surface area contributed by atoms with Gasteiger partial charge in [-0.25, -0.2) is 0 Å². The zero-order valence-corrected chi connectivity index (χ0v) is 19.1. The third-order valence-corrected chi connectivity index (χ3v) is 6.58. The average Bonchev–Trinajstić information content (AvgIpc) is 3.25. The number of aryl methyl sites for hydroxylation is 2. The highest BCUT2D eigenvalue weighted by atomic mass is 16.2. The van der Waals surface area contributed by atoms with E-state index in [1.807, 2.05) is 71.7 Å². The molecule has 0 spiro atoms. The predicted molar refractivity (Wildman–Crippen MR) is 127 cm³/mol. The molecule has 0 radical (unpaired) electrons. The molecule has 0 N–H and O–H groups in total. The second-order valence-corrected chi connectivity index (χ2v) is 8.58. The first-order chi connectivity index (χ1) is 16.1. The van der Waals surface area contributed by atoms with E-state index < -0.39 is 0 Å². The normalized spacial score (nSPS) is 14.9. The molecule has 3 heterocycles. The van der Waals surface area contributed by atoms with E-state index in [1.54, 1.807) is 4.57 Å². The fourth-order valence-electron chi connectivity index (χ4n) is 4.64. The molecule has 0 aliphatic carbocycles. The van der Waals surface area contributed by atoms with E-state index in [-0.39, 0.29) is 11.5 Å². The van der Waals surface area contributed by atoms with Crippen molar-refractivity contribution >= 4 is 22.6 Å². The molecule has 2 aromatic carbocycles. The van der Waals surface area contributed by atoms with E-state index >= 15 is 0 Å². The van der Waals surface area contributed by atoms with Gasteiger partial charge in [-0.2, -0.15) is 0 Å². The first kappa shape index (κ1) is 21.3. The van der Waals surface area contributed by atoms with Crippen LogP contribution < -0.4 is 5.56 Å². The lowest BCUT2D eigenvalue weighted by atomic mass is 10.1. The number of nitrogens with zero attached hydrogens (tertiary/aromatic N) is 6. The van der Waals surface area contributed by atoms with Crippen LogP contribution in [-0.4, -0.2) is 61.1 Å². The summed E-state index contributed by atoms with van der Waals surface area (Å²) >= 11 is 0. The highest BCUT2D eigenvalue weighted by Crippen LogP contribution is 2.17. The molecule has 0 unspecified atom stereocenters. The first-order valence-corrected chi connectivity index (χ1v) is 11.5. The topological polar surface area (TPSA) is 75.7 Å². The second-order valence-electron chi connectivity index (χ2n) is 8.58. The van der Waals surface area contributed by atoms with Gasteiger partial charge in [-0.05, 0) is 37.1 Å². The third kappa shape index (κ3) is 3.91. The molecule has 1 saturated heterocycles. The smallest absolute Gasteiger partial charge is 0.262 e. The number of piperazine rings is 1. The molecule has 0 bridgehead atoms. The van der Waals surface area contributed by atoms with E-state index in [2.05, 4.69) is 15.1 Å². The summed E-state index contributed by atoms with van der Waals surface area (Å²) in [5.74, 6) is 1.56. The van der Waals surface area contributed by atoms with Crippen molar-refractivity contribution in [1.29, 1.82) is 0 Å². The van der Waals surface area contributed by atoms with Gasteiger partial charge < -0.3 is 4.90 Å². The van der Waals surface area contributed by atoms with Crippen LogP contribution in [0.5, 0.6) is 0 Å². The number of amides is 1. The van der Waals surface area contributed by atoms with Gasteiger partial charge in [0.25, 0.3) is 5.56 Å². The number of aromatic nitrogens is 4. The van der Waals surface area contributed by atoms with Crippen LogP contribution in [0.25, 0.3) is 16.7 Å². The van der Waals surface area contributed by atoms with Crippen LogP contribution in [-0.2, 0) is 24.3 Å². The lowest BCUT2D eigenvalue weighted by molar-refractivity contribution is -0.132. The summed E-state index contributed by atoms with van der Waals surface area (Å²) in [4.78, 5) is 29.9. The highest BCUT2D eigenvalue weighted by Gasteiger charge is 2.24. The van der Waals surface area contributed by atoms with E-state index in [4.69, 9.17) is 0 Å². The SMILES string of the molecule is CCn1c(=O)c2ccccc2n2c(CN3CCN(C(=O)Cc4ccccc4C)CC3)nnc12. The lowest BCUT2D eigenvalue weighted by Gasteiger charge is -2.34. The maximum absolute atomic E-state index is 12.9. The molecule has 1 aliphatic heterocycles. The number of hydrogen-bond donors (Lipinski definition) is 0. The predicted octanol–water partition coefficient (Wildman–Crippen LogP) is 2.26. The second kappa shape index (κ2) is 8.78. The van der Waals surface area contributed by atoms with Crippen LogP contribution in [0.4, 0.5) is 0 Å². The molecule has 4 aromatic rings. The highest BCUT2D eigenvalue weighted by molar-refractivity contribution is 5.80. The number of rotatable bonds is 5. The summed E-state index contributed by atoms with van der Waals surface area (Å²) in [6.07, 6.45) is 0.446. The molecule has 0 saturated carbocycles. The number of fused-ring (bicyclic) bond motifs is 3. The number of hydrogen-bond acceptors (Lipinski definition) is 5. The summed E-state index contributed by atoms with van der Waals surface area (Å²) in [6, 6.07) is 15.7. The van der Waals surface area contributed by atoms with Gasteiger partial charge in [0, 0.05) is 32.7 Å². The molecule has 0 atom stereocenters. The molecule has 5 rings (SSSR count). The minimum atomic E-state index is -0.0414. The van der Waals surface area contributed by atoms with Crippen LogP contribution in [0, 0.1) is 6.92 Å². The Morgan fingerprint density at radius 2 is 1.70 bits per heavy atom. The van der Waals surface area contributed by atoms with Crippen LogP contribution >= 0.6 is 0 Å². The summed E-state index contributed by atoms with van der Waals surface area (Å²) in [5, 5.41) is 9.46. The van der Waals surface area contributed by atoms with Crippen molar-refractivity contribution in [2.24, 2.45) is 0 Å². The summed E-state index contributed by atoms with van der Waals surface area (Å²) < 4.78 is 3.66. The molecule has 170 valence electrons. The Bertz CT molecular complexity index is 1380. The third-order valence-electron chi connectivity index (χ3n) is 6.58. The summed E-state index contributed by atoms with van der Waals surface area (Å²) in [6.45, 7) is 8.09. The van der Waals surface area contributed by atoms with Gasteiger partial charge >= 0.3 is 0 Å². The van der Waals surface area contributed by atoms with Crippen molar-refractivity contribution in [3.05, 3.63) is 75.8 Å². The quantitative estimate of drug-likeness (QED) is 0.472. The Hall–Kier alpha value is -3.52. The number of para-hydroxylation sites is 1. The van der Waals surface area contributed by atoms with Gasteiger partial charge in [-0.3, -0.25) is 23.5 Å². The Kier molecular flexibility index (Phi) is 5.68. The van der Waals surface area contributed by atoms with Gasteiger partial charge in [0.05, 0.1) is 23.9 Å². The van der Waals surface area contributed by atoms with E-state index in [1.165, 1.54) is 0 Å². The monoisotopic (exact) mass is 444 g/mol. The zero-order chi connectivity index (χ0) is 22.9. The van der Waals surface area contributed by atoms with Gasteiger partial charge in [0.2, 0.25) is 11.7 Å². The minimum absolute atomic E-state index is 0.0414. The fraction of sp³-hybridized carbons (Fsp3) is 0.360. The largest absolute Gasteiger partial charge is 0.340 e. The Labute approximate surface area is 192 Å². The number of carbonyl (C=O) groups is 1. The Morgan fingerprint density at radius 3 is 2.45 bits per heavy atom. The molecule has 1 fully saturated rings. The molecule has 1 amide bonds. The lowest BCUT2D eigenvalue weighted by Crippen LogP contribution is -2.48. The van der Waals surface area contributed by atoms with Crippen molar-refractivity contribution in [3.63, 3.8) is 0 Å². The molecular weight excluding hydrogens is 416 g/mol. The number of carbonyl (C=O) groups excluding carboxylic acids is 1. The molecule has 1 aliphatic rings. The molecule has 8 nitrogen and oxygen atoms in total.